The lowest BCUT2D eigenvalue weighted by Crippen LogP contribution is -2.49. The van der Waals surface area contributed by atoms with Gasteiger partial charge in [0.25, 0.3) is 5.91 Å². The fourth-order valence-electron chi connectivity index (χ4n) is 3.52. The number of aromatic nitrogens is 2. The van der Waals surface area contributed by atoms with E-state index in [1.165, 1.54) is 0 Å². The molecule has 1 aliphatic heterocycles. The summed E-state index contributed by atoms with van der Waals surface area (Å²) in [6.07, 6.45) is 1.61. The zero-order chi connectivity index (χ0) is 20.2. The molecule has 7 nitrogen and oxygen atoms in total. The average molecular weight is 413 g/mol. The molecule has 1 saturated heterocycles. The molecule has 0 bridgehead atoms. The third-order valence-electron chi connectivity index (χ3n) is 4.90. The topological polar surface area (TPSA) is 67.8 Å². The summed E-state index contributed by atoms with van der Waals surface area (Å²) in [5.74, 6) is 2.24. The first-order chi connectivity index (χ1) is 14.2. The second-order valence-electron chi connectivity index (χ2n) is 6.64. The number of hydrogen-bond acceptors (Lipinski definition) is 7. The minimum absolute atomic E-state index is 0.0111. The minimum atomic E-state index is 0.0111. The second kappa shape index (κ2) is 8.65. The van der Waals surface area contributed by atoms with Gasteiger partial charge in [-0.1, -0.05) is 0 Å². The number of amides is 1. The van der Waals surface area contributed by atoms with Crippen molar-refractivity contribution in [3.63, 3.8) is 0 Å². The van der Waals surface area contributed by atoms with E-state index >= 15 is 0 Å². The number of piperazine rings is 1. The number of fused-ring (bicyclic) bond motifs is 1. The summed E-state index contributed by atoms with van der Waals surface area (Å²) in [6.45, 7) is 7.68. The molecule has 29 heavy (non-hydrogen) atoms. The van der Waals surface area contributed by atoms with Crippen molar-refractivity contribution in [1.29, 1.82) is 0 Å². The van der Waals surface area contributed by atoms with Crippen LogP contribution in [0.3, 0.4) is 0 Å². The van der Waals surface area contributed by atoms with E-state index in [1.54, 1.807) is 23.7 Å². The summed E-state index contributed by atoms with van der Waals surface area (Å²) in [5.41, 5.74) is 0.618. The van der Waals surface area contributed by atoms with Gasteiger partial charge < -0.3 is 19.3 Å². The van der Waals surface area contributed by atoms with Crippen molar-refractivity contribution in [2.24, 2.45) is 0 Å². The third-order valence-corrected chi connectivity index (χ3v) is 5.72. The van der Waals surface area contributed by atoms with Gasteiger partial charge in [-0.05, 0) is 43.5 Å². The van der Waals surface area contributed by atoms with Crippen LogP contribution >= 0.6 is 11.3 Å². The van der Waals surface area contributed by atoms with Crippen LogP contribution in [0.25, 0.3) is 10.2 Å². The summed E-state index contributed by atoms with van der Waals surface area (Å²) in [6, 6.07) is 7.46. The molecule has 1 fully saturated rings. The van der Waals surface area contributed by atoms with Gasteiger partial charge >= 0.3 is 0 Å². The Kier molecular flexibility index (Phi) is 5.80. The van der Waals surface area contributed by atoms with Crippen molar-refractivity contribution >= 4 is 33.3 Å². The van der Waals surface area contributed by atoms with Crippen LogP contribution in [0.15, 0.2) is 36.0 Å². The second-order valence-corrected chi connectivity index (χ2v) is 7.54. The molecule has 152 valence electrons. The highest BCUT2D eigenvalue weighted by atomic mass is 32.1. The predicted molar refractivity (Wildman–Crippen MR) is 114 cm³/mol. The molecule has 0 unspecified atom stereocenters. The summed E-state index contributed by atoms with van der Waals surface area (Å²) in [5, 5.41) is 3.11. The average Bonchev–Trinajstić information content (AvgIpc) is 3.24. The van der Waals surface area contributed by atoms with Crippen LogP contribution in [0.1, 0.15) is 24.2 Å². The third kappa shape index (κ3) is 3.98. The van der Waals surface area contributed by atoms with Crippen LogP contribution in [0, 0.1) is 0 Å². The maximum Gasteiger partial charge on any atom is 0.254 e. The lowest BCUT2D eigenvalue weighted by Gasteiger charge is -2.35. The van der Waals surface area contributed by atoms with E-state index in [0.717, 1.165) is 29.1 Å². The quantitative estimate of drug-likeness (QED) is 0.618. The molecule has 3 aromatic rings. The molecule has 0 aliphatic carbocycles. The molecule has 0 radical (unpaired) electrons. The maximum atomic E-state index is 13.0. The number of carbonyl (C=O) groups is 1. The predicted octanol–water partition coefficient (Wildman–Crippen LogP) is 3.45. The van der Waals surface area contributed by atoms with Crippen LogP contribution < -0.4 is 14.4 Å². The Morgan fingerprint density at radius 2 is 1.79 bits per heavy atom. The number of ether oxygens (including phenoxy) is 2. The minimum Gasteiger partial charge on any atom is -0.490 e. The molecular weight excluding hydrogens is 388 g/mol. The van der Waals surface area contributed by atoms with Crippen molar-refractivity contribution in [3.8, 4) is 11.5 Å². The summed E-state index contributed by atoms with van der Waals surface area (Å²) < 4.78 is 11.3. The molecule has 0 spiro atoms. The lowest BCUT2D eigenvalue weighted by molar-refractivity contribution is 0.0746. The Balaban J connectivity index is 1.46. The van der Waals surface area contributed by atoms with E-state index in [0.29, 0.717) is 43.4 Å². The number of benzene rings is 1. The van der Waals surface area contributed by atoms with Crippen LogP contribution in [0.5, 0.6) is 11.5 Å². The number of thiophene rings is 1. The van der Waals surface area contributed by atoms with Gasteiger partial charge in [0.2, 0.25) is 0 Å². The molecule has 3 heterocycles. The van der Waals surface area contributed by atoms with Crippen molar-refractivity contribution < 1.29 is 14.3 Å². The van der Waals surface area contributed by atoms with E-state index in [2.05, 4.69) is 20.9 Å². The van der Waals surface area contributed by atoms with Gasteiger partial charge in [-0.25, -0.2) is 9.97 Å². The zero-order valence-corrected chi connectivity index (χ0v) is 17.4. The number of carbonyl (C=O) groups excluding carboxylic acids is 1. The van der Waals surface area contributed by atoms with Gasteiger partial charge in [0.05, 0.1) is 18.6 Å². The lowest BCUT2D eigenvalue weighted by atomic mass is 10.1. The van der Waals surface area contributed by atoms with Crippen LogP contribution in [-0.4, -0.2) is 60.2 Å². The number of nitrogens with zero attached hydrogens (tertiary/aromatic N) is 4. The zero-order valence-electron chi connectivity index (χ0n) is 16.6. The number of hydrogen-bond donors (Lipinski definition) is 0. The Morgan fingerprint density at radius 1 is 1.03 bits per heavy atom. The first kappa shape index (κ1) is 19.4. The van der Waals surface area contributed by atoms with E-state index in [1.807, 2.05) is 36.3 Å². The maximum absolute atomic E-state index is 13.0. The van der Waals surface area contributed by atoms with Gasteiger partial charge in [0.15, 0.2) is 11.5 Å². The monoisotopic (exact) mass is 412 g/mol. The van der Waals surface area contributed by atoms with E-state index in [-0.39, 0.29) is 5.91 Å². The van der Waals surface area contributed by atoms with Crippen molar-refractivity contribution in [1.82, 2.24) is 14.9 Å². The molecule has 8 heteroatoms. The van der Waals surface area contributed by atoms with E-state index in [9.17, 15) is 4.79 Å². The number of rotatable bonds is 6. The molecular formula is C21H24N4O3S. The summed E-state index contributed by atoms with van der Waals surface area (Å²) in [4.78, 5) is 26.9. The highest BCUT2D eigenvalue weighted by molar-refractivity contribution is 7.16. The molecule has 1 aromatic carbocycles. The van der Waals surface area contributed by atoms with Crippen LogP contribution in [-0.2, 0) is 0 Å². The first-order valence-electron chi connectivity index (χ1n) is 9.83. The van der Waals surface area contributed by atoms with Crippen LogP contribution in [0.2, 0.25) is 0 Å². The molecule has 0 saturated carbocycles. The summed E-state index contributed by atoms with van der Waals surface area (Å²) in [7, 11) is 0. The molecule has 0 N–H and O–H groups in total. The SMILES string of the molecule is CCOc1ccc(C(=O)N2CCN(c3ncnc4sccc34)CC2)cc1OCC. The standard InChI is InChI=1S/C21H24N4O3S/c1-3-27-17-6-5-15(13-18(17)28-4-2)21(26)25-10-8-24(9-11-25)19-16-7-12-29-20(16)23-14-22-19/h5-7,12-14H,3-4,8-11H2,1-2H3. The fourth-order valence-corrected chi connectivity index (χ4v) is 4.24. The van der Waals surface area contributed by atoms with Gasteiger partial charge in [-0.3, -0.25) is 4.79 Å². The van der Waals surface area contributed by atoms with Gasteiger partial charge in [-0.15, -0.1) is 11.3 Å². The largest absolute Gasteiger partial charge is 0.490 e. The molecule has 0 atom stereocenters. The molecule has 2 aromatic heterocycles. The molecule has 1 amide bonds. The van der Waals surface area contributed by atoms with Crippen molar-refractivity contribution in [2.45, 2.75) is 13.8 Å². The highest BCUT2D eigenvalue weighted by Crippen LogP contribution is 2.30. The van der Waals surface area contributed by atoms with Crippen molar-refractivity contribution in [3.05, 3.63) is 41.5 Å². The Morgan fingerprint density at radius 3 is 2.55 bits per heavy atom. The highest BCUT2D eigenvalue weighted by Gasteiger charge is 2.25. The normalized spacial score (nSPS) is 14.3. The summed E-state index contributed by atoms with van der Waals surface area (Å²) >= 11 is 1.61. The first-order valence-corrected chi connectivity index (χ1v) is 10.7. The van der Waals surface area contributed by atoms with Gasteiger partial charge in [0, 0.05) is 31.7 Å². The van der Waals surface area contributed by atoms with Gasteiger partial charge in [0.1, 0.15) is 17.0 Å². The Labute approximate surface area is 173 Å². The molecule has 1 aliphatic rings. The Bertz CT molecular complexity index is 999. The van der Waals surface area contributed by atoms with Crippen LogP contribution in [0.4, 0.5) is 5.82 Å². The molecule has 4 rings (SSSR count). The fraction of sp³-hybridized carbons (Fsp3) is 0.381. The smallest absolute Gasteiger partial charge is 0.254 e. The van der Waals surface area contributed by atoms with Gasteiger partial charge in [-0.2, -0.15) is 0 Å². The van der Waals surface area contributed by atoms with E-state index in [4.69, 9.17) is 9.47 Å². The Hall–Kier alpha value is -2.87. The van der Waals surface area contributed by atoms with E-state index < -0.39 is 0 Å². The van der Waals surface area contributed by atoms with Crippen molar-refractivity contribution in [2.75, 3.05) is 44.3 Å². The number of anilines is 1.